The van der Waals surface area contributed by atoms with Gasteiger partial charge in [-0.05, 0) is 24.7 Å². The molecule has 2 aromatic carbocycles. The van der Waals surface area contributed by atoms with Gasteiger partial charge < -0.3 is 10.0 Å². The van der Waals surface area contributed by atoms with Crippen LogP contribution in [0.5, 0.6) is 0 Å². The normalized spacial score (nSPS) is 16.2. The summed E-state index contributed by atoms with van der Waals surface area (Å²) < 4.78 is 0. The summed E-state index contributed by atoms with van der Waals surface area (Å²) in [7, 11) is 2.16. The zero-order valence-electron chi connectivity index (χ0n) is 14.8. The van der Waals surface area contributed by atoms with Gasteiger partial charge in [-0.1, -0.05) is 30.3 Å². The van der Waals surface area contributed by atoms with Crippen LogP contribution in [0.1, 0.15) is 15.9 Å². The lowest BCUT2D eigenvalue weighted by molar-refractivity contribution is 0.0699. The average Bonchev–Trinajstić information content (AvgIpc) is 3.08. The van der Waals surface area contributed by atoms with Crippen LogP contribution in [-0.2, 0) is 6.54 Å². The fourth-order valence-electron chi connectivity index (χ4n) is 3.49. The molecule has 1 saturated heterocycles. The number of aromatic nitrogens is 2. The molecule has 0 spiro atoms. The molecule has 0 bridgehead atoms. The Kier molecular flexibility index (Phi) is 4.44. The summed E-state index contributed by atoms with van der Waals surface area (Å²) in [5, 5.41) is 17.4. The molecule has 2 N–H and O–H groups in total. The molecule has 0 aliphatic carbocycles. The number of aromatic amines is 1. The molecule has 1 fully saturated rings. The maximum atomic E-state index is 11.5. The van der Waals surface area contributed by atoms with Gasteiger partial charge in [-0.2, -0.15) is 5.10 Å². The monoisotopic (exact) mass is 350 g/mol. The molecule has 0 atom stereocenters. The summed E-state index contributed by atoms with van der Waals surface area (Å²) in [6.45, 7) is 5.33. The number of H-pyrrole nitrogens is 1. The van der Waals surface area contributed by atoms with Crippen molar-refractivity contribution in [1.29, 1.82) is 0 Å². The molecule has 26 heavy (non-hydrogen) atoms. The van der Waals surface area contributed by atoms with E-state index in [1.54, 1.807) is 12.1 Å². The summed E-state index contributed by atoms with van der Waals surface area (Å²) in [6, 6.07) is 13.5. The minimum atomic E-state index is -0.940. The number of carboxylic acid groups (broad SMARTS) is 1. The van der Waals surface area contributed by atoms with Crippen molar-refractivity contribution < 1.29 is 9.90 Å². The van der Waals surface area contributed by atoms with Crippen molar-refractivity contribution in [3.8, 4) is 11.3 Å². The number of nitrogens with one attached hydrogen (secondary N) is 1. The standard InChI is InChI=1S/C20H22N4O2/c1-23-9-11-24(12-10-23)13-14-5-7-15(8-6-14)19-18-16(20(25)26)3-2-4-17(18)21-22-19/h2-8H,9-13H2,1H3,(H,21,22)(H,25,26). The minimum absolute atomic E-state index is 0.271. The van der Waals surface area contributed by atoms with E-state index in [-0.39, 0.29) is 5.56 Å². The van der Waals surface area contributed by atoms with Gasteiger partial charge in [0.15, 0.2) is 0 Å². The van der Waals surface area contributed by atoms with Gasteiger partial charge in [0.2, 0.25) is 0 Å². The fourth-order valence-corrected chi connectivity index (χ4v) is 3.49. The lowest BCUT2D eigenvalue weighted by Crippen LogP contribution is -2.43. The van der Waals surface area contributed by atoms with Gasteiger partial charge in [-0.3, -0.25) is 10.00 Å². The second kappa shape index (κ2) is 6.90. The van der Waals surface area contributed by atoms with E-state index < -0.39 is 5.97 Å². The highest BCUT2D eigenvalue weighted by atomic mass is 16.4. The number of aromatic carboxylic acids is 1. The van der Waals surface area contributed by atoms with E-state index in [2.05, 4.69) is 39.2 Å². The van der Waals surface area contributed by atoms with E-state index in [9.17, 15) is 9.90 Å². The molecule has 0 radical (unpaired) electrons. The van der Waals surface area contributed by atoms with Gasteiger partial charge in [0.05, 0.1) is 11.1 Å². The summed E-state index contributed by atoms with van der Waals surface area (Å²) in [5.41, 5.74) is 3.88. The Labute approximate surface area is 152 Å². The zero-order valence-corrected chi connectivity index (χ0v) is 14.8. The Hall–Kier alpha value is -2.70. The van der Waals surface area contributed by atoms with Crippen molar-refractivity contribution in [3.63, 3.8) is 0 Å². The first-order valence-corrected chi connectivity index (χ1v) is 8.82. The molecular weight excluding hydrogens is 328 g/mol. The third kappa shape index (κ3) is 3.21. The molecule has 1 aliphatic rings. The minimum Gasteiger partial charge on any atom is -0.478 e. The van der Waals surface area contributed by atoms with E-state index in [4.69, 9.17) is 0 Å². The van der Waals surface area contributed by atoms with Crippen LogP contribution in [0, 0.1) is 0 Å². The van der Waals surface area contributed by atoms with E-state index in [0.717, 1.165) is 43.8 Å². The number of carboxylic acids is 1. The Balaban J connectivity index is 1.59. The summed E-state index contributed by atoms with van der Waals surface area (Å²) in [4.78, 5) is 16.4. The first kappa shape index (κ1) is 16.8. The number of piperazine rings is 1. The highest BCUT2D eigenvalue weighted by molar-refractivity contribution is 6.08. The van der Waals surface area contributed by atoms with E-state index in [0.29, 0.717) is 11.1 Å². The fraction of sp³-hybridized carbons (Fsp3) is 0.300. The predicted octanol–water partition coefficient (Wildman–Crippen LogP) is 2.68. The highest BCUT2D eigenvalue weighted by Crippen LogP contribution is 2.29. The molecule has 0 amide bonds. The number of rotatable bonds is 4. The van der Waals surface area contributed by atoms with Gasteiger partial charge >= 0.3 is 5.97 Å². The van der Waals surface area contributed by atoms with Crippen LogP contribution in [-0.4, -0.2) is 64.3 Å². The van der Waals surface area contributed by atoms with Gasteiger partial charge in [0.25, 0.3) is 0 Å². The highest BCUT2D eigenvalue weighted by Gasteiger charge is 2.17. The molecule has 1 aromatic heterocycles. The van der Waals surface area contributed by atoms with E-state index >= 15 is 0 Å². The van der Waals surface area contributed by atoms with Crippen LogP contribution in [0.2, 0.25) is 0 Å². The summed E-state index contributed by atoms with van der Waals surface area (Å²) >= 11 is 0. The van der Waals surface area contributed by atoms with Crippen molar-refractivity contribution in [2.24, 2.45) is 0 Å². The lowest BCUT2D eigenvalue weighted by atomic mass is 10.0. The number of nitrogens with zero attached hydrogens (tertiary/aromatic N) is 3. The van der Waals surface area contributed by atoms with E-state index in [1.807, 2.05) is 18.2 Å². The quantitative estimate of drug-likeness (QED) is 0.757. The van der Waals surface area contributed by atoms with Crippen LogP contribution < -0.4 is 0 Å². The van der Waals surface area contributed by atoms with Crippen LogP contribution in [0.25, 0.3) is 22.2 Å². The number of hydrogen-bond acceptors (Lipinski definition) is 4. The lowest BCUT2D eigenvalue weighted by Gasteiger charge is -2.32. The van der Waals surface area contributed by atoms with Crippen molar-refractivity contribution >= 4 is 16.9 Å². The third-order valence-electron chi connectivity index (χ3n) is 5.05. The maximum Gasteiger partial charge on any atom is 0.336 e. The summed E-state index contributed by atoms with van der Waals surface area (Å²) in [5.74, 6) is -0.940. The molecule has 1 aliphatic heterocycles. The molecule has 134 valence electrons. The smallest absolute Gasteiger partial charge is 0.336 e. The van der Waals surface area contributed by atoms with Crippen molar-refractivity contribution in [2.45, 2.75) is 6.54 Å². The van der Waals surface area contributed by atoms with Gasteiger partial charge in [0.1, 0.15) is 5.69 Å². The Bertz CT molecular complexity index is 925. The molecule has 0 saturated carbocycles. The summed E-state index contributed by atoms with van der Waals surface area (Å²) in [6.07, 6.45) is 0. The number of carbonyl (C=O) groups is 1. The maximum absolute atomic E-state index is 11.5. The molecular formula is C20H22N4O2. The predicted molar refractivity (Wildman–Crippen MR) is 101 cm³/mol. The number of hydrogen-bond donors (Lipinski definition) is 2. The third-order valence-corrected chi connectivity index (χ3v) is 5.05. The molecule has 3 aromatic rings. The largest absolute Gasteiger partial charge is 0.478 e. The SMILES string of the molecule is CN1CCN(Cc2ccc(-c3n[nH]c4cccc(C(=O)O)c34)cc2)CC1. The second-order valence-electron chi connectivity index (χ2n) is 6.88. The molecule has 6 heteroatoms. The second-order valence-corrected chi connectivity index (χ2v) is 6.88. The van der Waals surface area contributed by atoms with Crippen LogP contribution in [0.3, 0.4) is 0 Å². The van der Waals surface area contributed by atoms with Crippen LogP contribution in [0.4, 0.5) is 0 Å². The van der Waals surface area contributed by atoms with Crippen molar-refractivity contribution in [3.05, 3.63) is 53.6 Å². The topological polar surface area (TPSA) is 72.5 Å². The Morgan fingerprint density at radius 3 is 2.54 bits per heavy atom. The Morgan fingerprint density at radius 2 is 1.85 bits per heavy atom. The molecule has 0 unspecified atom stereocenters. The zero-order chi connectivity index (χ0) is 18.1. The van der Waals surface area contributed by atoms with Gasteiger partial charge in [-0.25, -0.2) is 4.79 Å². The average molecular weight is 350 g/mol. The van der Waals surface area contributed by atoms with E-state index in [1.165, 1.54) is 5.56 Å². The number of benzene rings is 2. The van der Waals surface area contributed by atoms with Crippen molar-refractivity contribution in [1.82, 2.24) is 20.0 Å². The van der Waals surface area contributed by atoms with Gasteiger partial charge in [-0.15, -0.1) is 0 Å². The van der Waals surface area contributed by atoms with Crippen LogP contribution >= 0.6 is 0 Å². The molecule has 4 rings (SSSR count). The van der Waals surface area contributed by atoms with Crippen LogP contribution in [0.15, 0.2) is 42.5 Å². The molecule has 6 nitrogen and oxygen atoms in total. The Morgan fingerprint density at radius 1 is 1.12 bits per heavy atom. The first-order valence-electron chi connectivity index (χ1n) is 8.82. The van der Waals surface area contributed by atoms with Gasteiger partial charge in [0, 0.05) is 43.7 Å². The van der Waals surface area contributed by atoms with Crippen molar-refractivity contribution in [2.75, 3.05) is 33.2 Å². The molecule has 2 heterocycles. The number of likely N-dealkylation sites (N-methyl/N-ethyl adjacent to an activating group) is 1. The number of fused-ring (bicyclic) bond motifs is 1. The first-order chi connectivity index (χ1) is 12.6.